The summed E-state index contributed by atoms with van der Waals surface area (Å²) in [7, 11) is 1.61. The third-order valence-corrected chi connectivity index (χ3v) is 3.35. The number of aliphatic imine (C=N–C) groups is 1. The van der Waals surface area contributed by atoms with E-state index in [1.165, 1.54) is 0 Å². The van der Waals surface area contributed by atoms with Gasteiger partial charge in [0.05, 0.1) is 19.9 Å². The van der Waals surface area contributed by atoms with Crippen LogP contribution in [0.5, 0.6) is 5.88 Å². The molecule has 7 nitrogen and oxygen atoms in total. The van der Waals surface area contributed by atoms with E-state index in [0.29, 0.717) is 25.6 Å². The summed E-state index contributed by atoms with van der Waals surface area (Å²) in [6.07, 6.45) is 4.26. The molecule has 2 aromatic heterocycles. The molecule has 0 aliphatic heterocycles. The number of rotatable bonds is 10. The largest absolute Gasteiger partial charge is 0.481 e. The maximum absolute atomic E-state index is 5.56. The van der Waals surface area contributed by atoms with Crippen LogP contribution in [0.2, 0.25) is 0 Å². The van der Waals surface area contributed by atoms with Crippen LogP contribution in [0.4, 0.5) is 0 Å². The quantitative estimate of drug-likeness (QED) is 0.239. The first-order valence-corrected chi connectivity index (χ1v) is 8.43. The van der Waals surface area contributed by atoms with E-state index in [1.807, 2.05) is 31.2 Å². The molecular weight excluding hydrogens is 447 g/mol. The van der Waals surface area contributed by atoms with Gasteiger partial charge in [0.1, 0.15) is 12.4 Å². The average molecular weight is 474 g/mol. The van der Waals surface area contributed by atoms with E-state index in [2.05, 4.69) is 20.6 Å². The molecule has 0 unspecified atom stereocenters. The predicted octanol–water partition coefficient (Wildman–Crippen LogP) is 2.96. The molecule has 0 amide bonds. The SMILES string of the molecule is CCNC(=NCc1ccnc(OC)c1)NCCCOCc1ccco1.I. The van der Waals surface area contributed by atoms with Crippen molar-refractivity contribution < 1.29 is 13.9 Å². The van der Waals surface area contributed by atoms with Gasteiger partial charge in [0.25, 0.3) is 0 Å². The topological polar surface area (TPSA) is 80.9 Å². The molecule has 0 saturated heterocycles. The highest BCUT2D eigenvalue weighted by Crippen LogP contribution is 2.09. The minimum absolute atomic E-state index is 0. The second kappa shape index (κ2) is 13.4. The molecule has 0 bridgehead atoms. The van der Waals surface area contributed by atoms with Crippen LogP contribution in [0, 0.1) is 0 Å². The maximum atomic E-state index is 5.56. The van der Waals surface area contributed by atoms with Crippen molar-refractivity contribution in [2.24, 2.45) is 4.99 Å². The Morgan fingerprint density at radius 2 is 2.19 bits per heavy atom. The van der Waals surface area contributed by atoms with Crippen LogP contribution in [-0.2, 0) is 17.9 Å². The van der Waals surface area contributed by atoms with Crippen molar-refractivity contribution in [3.8, 4) is 5.88 Å². The first-order chi connectivity index (χ1) is 12.3. The Kier molecular flexibility index (Phi) is 11.5. The maximum Gasteiger partial charge on any atom is 0.213 e. The first kappa shape index (κ1) is 22.2. The Labute approximate surface area is 171 Å². The van der Waals surface area contributed by atoms with E-state index < -0.39 is 0 Å². The standard InChI is InChI=1S/C18H26N4O3.HI/c1-3-19-18(22-13-15-7-9-20-17(12-15)23-2)21-8-5-10-24-14-16-6-4-11-25-16;/h4,6-7,9,11-12H,3,5,8,10,13-14H2,1-2H3,(H2,19,21,22);1H. The second-order valence-electron chi connectivity index (χ2n) is 5.31. The molecule has 0 aromatic carbocycles. The van der Waals surface area contributed by atoms with Crippen molar-refractivity contribution >= 4 is 29.9 Å². The summed E-state index contributed by atoms with van der Waals surface area (Å²) in [5, 5.41) is 6.53. The summed E-state index contributed by atoms with van der Waals surface area (Å²) in [5.74, 6) is 2.22. The molecule has 0 aliphatic carbocycles. The molecule has 0 radical (unpaired) electrons. The lowest BCUT2D eigenvalue weighted by molar-refractivity contribution is 0.105. The number of furan rings is 1. The average Bonchev–Trinajstić information content (AvgIpc) is 3.16. The molecule has 0 atom stereocenters. The summed E-state index contributed by atoms with van der Waals surface area (Å²) >= 11 is 0. The number of nitrogens with zero attached hydrogens (tertiary/aromatic N) is 2. The van der Waals surface area contributed by atoms with Gasteiger partial charge in [-0.3, -0.25) is 0 Å². The van der Waals surface area contributed by atoms with Gasteiger partial charge in [0.2, 0.25) is 5.88 Å². The number of hydrogen-bond acceptors (Lipinski definition) is 5. The van der Waals surface area contributed by atoms with E-state index >= 15 is 0 Å². The number of pyridine rings is 1. The van der Waals surface area contributed by atoms with E-state index in [1.54, 1.807) is 19.6 Å². The van der Waals surface area contributed by atoms with Gasteiger partial charge in [-0.05, 0) is 37.1 Å². The Hall–Kier alpha value is -1.81. The lowest BCUT2D eigenvalue weighted by Gasteiger charge is -2.11. The van der Waals surface area contributed by atoms with Crippen LogP contribution in [0.1, 0.15) is 24.7 Å². The highest BCUT2D eigenvalue weighted by Gasteiger charge is 2.00. The smallest absolute Gasteiger partial charge is 0.213 e. The summed E-state index contributed by atoms with van der Waals surface area (Å²) in [4.78, 5) is 8.67. The molecule has 0 spiro atoms. The zero-order valence-corrected chi connectivity index (χ0v) is 17.6. The predicted molar refractivity (Wildman–Crippen MR) is 112 cm³/mol. The number of nitrogens with one attached hydrogen (secondary N) is 2. The number of guanidine groups is 1. The summed E-state index contributed by atoms with van der Waals surface area (Å²) in [6.45, 7) is 5.35. The zero-order chi connectivity index (χ0) is 17.7. The van der Waals surface area contributed by atoms with Crippen LogP contribution >= 0.6 is 24.0 Å². The number of hydrogen-bond donors (Lipinski definition) is 2. The highest BCUT2D eigenvalue weighted by atomic mass is 127. The molecule has 0 fully saturated rings. The molecule has 0 saturated carbocycles. The van der Waals surface area contributed by atoms with Gasteiger partial charge in [-0.25, -0.2) is 9.98 Å². The number of aromatic nitrogens is 1. The fourth-order valence-electron chi connectivity index (χ4n) is 2.12. The van der Waals surface area contributed by atoms with Crippen LogP contribution in [-0.4, -0.2) is 37.7 Å². The molecule has 2 N–H and O–H groups in total. The van der Waals surface area contributed by atoms with Gasteiger partial charge in [0, 0.05) is 32.0 Å². The van der Waals surface area contributed by atoms with Crippen molar-refractivity contribution in [3.05, 3.63) is 48.0 Å². The Morgan fingerprint density at radius 3 is 2.92 bits per heavy atom. The fraction of sp³-hybridized carbons (Fsp3) is 0.444. The third kappa shape index (κ3) is 8.52. The molecule has 0 aliphatic rings. The van der Waals surface area contributed by atoms with Gasteiger partial charge >= 0.3 is 0 Å². The lowest BCUT2D eigenvalue weighted by Crippen LogP contribution is -2.38. The van der Waals surface area contributed by atoms with Gasteiger partial charge in [-0.2, -0.15) is 0 Å². The van der Waals surface area contributed by atoms with E-state index in [-0.39, 0.29) is 24.0 Å². The Balaban J connectivity index is 0.00000338. The van der Waals surface area contributed by atoms with E-state index in [0.717, 1.165) is 36.8 Å². The van der Waals surface area contributed by atoms with Crippen molar-refractivity contribution in [2.45, 2.75) is 26.5 Å². The molecule has 2 rings (SSSR count). The second-order valence-corrected chi connectivity index (χ2v) is 5.31. The lowest BCUT2D eigenvalue weighted by atomic mass is 10.3. The molecular formula is C18H27IN4O3. The Morgan fingerprint density at radius 1 is 1.31 bits per heavy atom. The van der Waals surface area contributed by atoms with Gasteiger partial charge in [-0.15, -0.1) is 24.0 Å². The van der Waals surface area contributed by atoms with E-state index in [9.17, 15) is 0 Å². The van der Waals surface area contributed by atoms with Crippen molar-refractivity contribution in [2.75, 3.05) is 26.8 Å². The van der Waals surface area contributed by atoms with Crippen molar-refractivity contribution in [3.63, 3.8) is 0 Å². The molecule has 144 valence electrons. The van der Waals surface area contributed by atoms with Crippen LogP contribution < -0.4 is 15.4 Å². The van der Waals surface area contributed by atoms with Crippen LogP contribution in [0.15, 0.2) is 46.1 Å². The Bertz CT molecular complexity index is 635. The van der Waals surface area contributed by atoms with Gasteiger partial charge < -0.3 is 24.5 Å². The minimum Gasteiger partial charge on any atom is -0.481 e. The zero-order valence-electron chi connectivity index (χ0n) is 15.2. The number of ether oxygens (including phenoxy) is 2. The summed E-state index contributed by atoms with van der Waals surface area (Å²) < 4.78 is 15.9. The third-order valence-electron chi connectivity index (χ3n) is 3.35. The van der Waals surface area contributed by atoms with Crippen LogP contribution in [0.25, 0.3) is 0 Å². The highest BCUT2D eigenvalue weighted by molar-refractivity contribution is 14.0. The molecule has 26 heavy (non-hydrogen) atoms. The molecule has 8 heteroatoms. The van der Waals surface area contributed by atoms with Gasteiger partial charge in [-0.1, -0.05) is 0 Å². The first-order valence-electron chi connectivity index (χ1n) is 8.43. The molecule has 2 aromatic rings. The summed E-state index contributed by atoms with van der Waals surface area (Å²) in [6, 6.07) is 7.58. The monoisotopic (exact) mass is 474 g/mol. The van der Waals surface area contributed by atoms with E-state index in [4.69, 9.17) is 13.9 Å². The van der Waals surface area contributed by atoms with Gasteiger partial charge in [0.15, 0.2) is 5.96 Å². The fourth-order valence-corrected chi connectivity index (χ4v) is 2.12. The number of methoxy groups -OCH3 is 1. The van der Waals surface area contributed by atoms with Crippen LogP contribution in [0.3, 0.4) is 0 Å². The van der Waals surface area contributed by atoms with Crippen molar-refractivity contribution in [1.82, 2.24) is 15.6 Å². The number of halogens is 1. The minimum atomic E-state index is 0. The van der Waals surface area contributed by atoms with Crippen molar-refractivity contribution in [1.29, 1.82) is 0 Å². The molecule has 2 heterocycles. The summed E-state index contributed by atoms with van der Waals surface area (Å²) in [5.41, 5.74) is 1.05. The normalized spacial score (nSPS) is 10.9.